The highest BCUT2D eigenvalue weighted by Crippen LogP contribution is 2.18. The molecule has 0 radical (unpaired) electrons. The molecule has 0 saturated carbocycles. The van der Waals surface area contributed by atoms with E-state index in [0.29, 0.717) is 13.1 Å². The second kappa shape index (κ2) is 12.0. The zero-order chi connectivity index (χ0) is 18.9. The number of guanidine groups is 1. The van der Waals surface area contributed by atoms with E-state index in [2.05, 4.69) is 46.6 Å². The molecule has 0 saturated heterocycles. The number of halogens is 1. The van der Waals surface area contributed by atoms with Crippen LogP contribution in [-0.4, -0.2) is 44.2 Å². The van der Waals surface area contributed by atoms with Crippen LogP contribution < -0.4 is 20.3 Å². The Morgan fingerprint density at radius 3 is 2.56 bits per heavy atom. The van der Waals surface area contributed by atoms with Crippen molar-refractivity contribution in [1.29, 1.82) is 0 Å². The van der Waals surface area contributed by atoms with Crippen LogP contribution in [0.25, 0.3) is 0 Å². The molecule has 2 N–H and O–H groups in total. The molecule has 1 heterocycles. The maximum atomic E-state index is 5.93. The van der Waals surface area contributed by atoms with Gasteiger partial charge in [0, 0.05) is 26.0 Å². The van der Waals surface area contributed by atoms with Crippen LogP contribution in [0.1, 0.15) is 25.1 Å². The largest absolute Gasteiger partial charge is 0.489 e. The van der Waals surface area contributed by atoms with E-state index in [1.807, 2.05) is 43.4 Å². The predicted octanol–water partition coefficient (Wildman–Crippen LogP) is 3.66. The van der Waals surface area contributed by atoms with Gasteiger partial charge >= 0.3 is 0 Å². The van der Waals surface area contributed by atoms with Crippen molar-refractivity contribution in [3.63, 3.8) is 0 Å². The number of anilines is 1. The number of benzene rings is 1. The molecule has 0 fully saturated rings. The molecule has 27 heavy (non-hydrogen) atoms. The molecule has 150 valence electrons. The molecule has 8 heteroatoms. The van der Waals surface area contributed by atoms with E-state index < -0.39 is 0 Å². The van der Waals surface area contributed by atoms with Crippen molar-refractivity contribution < 1.29 is 4.74 Å². The Balaban J connectivity index is 0.00000364. The number of aryl methyl sites for hydroxylation is 1. The SMILES string of the molecule is CCNC(=NCc1csc(N(C)C)n1)NCC(C)Oc1ccc(C)cc1.I. The number of rotatable bonds is 8. The van der Waals surface area contributed by atoms with Crippen molar-refractivity contribution in [3.05, 3.63) is 40.9 Å². The van der Waals surface area contributed by atoms with Gasteiger partial charge in [0.2, 0.25) is 0 Å². The molecule has 0 aliphatic heterocycles. The maximum absolute atomic E-state index is 5.93. The lowest BCUT2D eigenvalue weighted by molar-refractivity contribution is 0.224. The van der Waals surface area contributed by atoms with Crippen LogP contribution in [-0.2, 0) is 6.54 Å². The van der Waals surface area contributed by atoms with Gasteiger partial charge in [-0.15, -0.1) is 35.3 Å². The van der Waals surface area contributed by atoms with Crippen LogP contribution in [0.4, 0.5) is 5.13 Å². The molecule has 1 aromatic heterocycles. The van der Waals surface area contributed by atoms with Gasteiger partial charge in [0.25, 0.3) is 0 Å². The van der Waals surface area contributed by atoms with Crippen LogP contribution >= 0.6 is 35.3 Å². The molecule has 1 atom stereocenters. The Hall–Kier alpha value is -1.55. The first-order valence-corrected chi connectivity index (χ1v) is 9.73. The summed E-state index contributed by atoms with van der Waals surface area (Å²) < 4.78 is 5.93. The molecule has 6 nitrogen and oxygen atoms in total. The van der Waals surface area contributed by atoms with E-state index in [4.69, 9.17) is 4.74 Å². The number of nitrogens with zero attached hydrogens (tertiary/aromatic N) is 3. The average Bonchev–Trinajstić information content (AvgIpc) is 3.09. The van der Waals surface area contributed by atoms with E-state index in [1.165, 1.54) is 5.56 Å². The van der Waals surface area contributed by atoms with Crippen LogP contribution in [0, 0.1) is 6.92 Å². The molecular formula is C19H30IN5OS. The van der Waals surface area contributed by atoms with Crippen molar-refractivity contribution in [1.82, 2.24) is 15.6 Å². The minimum absolute atomic E-state index is 0. The smallest absolute Gasteiger partial charge is 0.191 e. The van der Waals surface area contributed by atoms with E-state index in [-0.39, 0.29) is 30.1 Å². The number of ether oxygens (including phenoxy) is 1. The first-order chi connectivity index (χ1) is 12.5. The lowest BCUT2D eigenvalue weighted by atomic mass is 10.2. The van der Waals surface area contributed by atoms with Crippen LogP contribution in [0.15, 0.2) is 34.6 Å². The second-order valence-electron chi connectivity index (χ2n) is 6.33. The molecule has 0 bridgehead atoms. The monoisotopic (exact) mass is 503 g/mol. The minimum Gasteiger partial charge on any atom is -0.489 e. The predicted molar refractivity (Wildman–Crippen MR) is 126 cm³/mol. The topological polar surface area (TPSA) is 61.8 Å². The fourth-order valence-electron chi connectivity index (χ4n) is 2.21. The first kappa shape index (κ1) is 23.5. The third-order valence-corrected chi connectivity index (χ3v) is 4.64. The number of hydrogen-bond acceptors (Lipinski definition) is 5. The lowest BCUT2D eigenvalue weighted by Gasteiger charge is -2.17. The fourth-order valence-corrected chi connectivity index (χ4v) is 2.96. The number of aromatic nitrogens is 1. The van der Waals surface area contributed by atoms with Crippen molar-refractivity contribution in [2.75, 3.05) is 32.1 Å². The second-order valence-corrected chi connectivity index (χ2v) is 7.17. The van der Waals surface area contributed by atoms with E-state index >= 15 is 0 Å². The third-order valence-electron chi connectivity index (χ3n) is 3.58. The van der Waals surface area contributed by atoms with Crippen LogP contribution in [0.5, 0.6) is 5.75 Å². The maximum Gasteiger partial charge on any atom is 0.191 e. The molecule has 1 aromatic carbocycles. The average molecular weight is 503 g/mol. The number of nitrogens with one attached hydrogen (secondary N) is 2. The zero-order valence-corrected chi connectivity index (χ0v) is 19.8. The Kier molecular flexibility index (Phi) is 10.5. The molecule has 0 spiro atoms. The Labute approximate surface area is 183 Å². The van der Waals surface area contributed by atoms with Crippen molar-refractivity contribution in [2.24, 2.45) is 4.99 Å². The zero-order valence-electron chi connectivity index (χ0n) is 16.7. The molecule has 2 aromatic rings. The van der Waals surface area contributed by atoms with Gasteiger partial charge in [-0.25, -0.2) is 9.98 Å². The Morgan fingerprint density at radius 1 is 1.26 bits per heavy atom. The quantitative estimate of drug-likeness (QED) is 0.327. The summed E-state index contributed by atoms with van der Waals surface area (Å²) >= 11 is 1.63. The van der Waals surface area contributed by atoms with E-state index in [9.17, 15) is 0 Å². The van der Waals surface area contributed by atoms with Gasteiger partial charge < -0.3 is 20.3 Å². The van der Waals surface area contributed by atoms with Gasteiger partial charge in [0.05, 0.1) is 18.8 Å². The van der Waals surface area contributed by atoms with Gasteiger partial charge in [-0.2, -0.15) is 0 Å². The summed E-state index contributed by atoms with van der Waals surface area (Å²) in [5, 5.41) is 9.63. The third kappa shape index (κ3) is 8.34. The van der Waals surface area contributed by atoms with Crippen molar-refractivity contribution >= 4 is 46.4 Å². The van der Waals surface area contributed by atoms with Gasteiger partial charge in [-0.05, 0) is 32.9 Å². The van der Waals surface area contributed by atoms with Gasteiger partial charge in [-0.3, -0.25) is 0 Å². The van der Waals surface area contributed by atoms with Crippen molar-refractivity contribution in [2.45, 2.75) is 33.4 Å². The number of aliphatic imine (C=N–C) groups is 1. The summed E-state index contributed by atoms with van der Waals surface area (Å²) in [7, 11) is 3.99. The summed E-state index contributed by atoms with van der Waals surface area (Å²) in [5.74, 6) is 1.65. The highest BCUT2D eigenvalue weighted by Gasteiger charge is 2.07. The van der Waals surface area contributed by atoms with E-state index in [0.717, 1.165) is 29.1 Å². The standard InChI is InChI=1S/C19H29N5OS.HI/c1-6-20-18(22-12-16-13-26-19(23-16)24(4)5)21-11-15(3)25-17-9-7-14(2)8-10-17;/h7-10,13,15H,6,11-12H2,1-5H3,(H2,20,21,22);1H. The van der Waals surface area contributed by atoms with Crippen LogP contribution in [0.2, 0.25) is 0 Å². The van der Waals surface area contributed by atoms with Gasteiger partial charge in [0.1, 0.15) is 11.9 Å². The molecule has 0 amide bonds. The number of thiazole rings is 1. The first-order valence-electron chi connectivity index (χ1n) is 8.85. The molecule has 2 rings (SSSR count). The highest BCUT2D eigenvalue weighted by molar-refractivity contribution is 14.0. The van der Waals surface area contributed by atoms with E-state index in [1.54, 1.807) is 11.3 Å². The summed E-state index contributed by atoms with van der Waals surface area (Å²) in [6.07, 6.45) is 0.0289. The Morgan fingerprint density at radius 2 is 1.96 bits per heavy atom. The number of hydrogen-bond donors (Lipinski definition) is 2. The summed E-state index contributed by atoms with van der Waals surface area (Å²) in [5.41, 5.74) is 2.20. The summed E-state index contributed by atoms with van der Waals surface area (Å²) in [6.45, 7) is 8.18. The van der Waals surface area contributed by atoms with Crippen LogP contribution in [0.3, 0.4) is 0 Å². The summed E-state index contributed by atoms with van der Waals surface area (Å²) in [6, 6.07) is 8.10. The minimum atomic E-state index is 0. The van der Waals surface area contributed by atoms with Gasteiger partial charge in [0.15, 0.2) is 11.1 Å². The summed E-state index contributed by atoms with van der Waals surface area (Å²) in [4.78, 5) is 11.2. The fraction of sp³-hybridized carbons (Fsp3) is 0.474. The molecule has 1 unspecified atom stereocenters. The molecule has 0 aliphatic carbocycles. The normalized spacial score (nSPS) is 12.1. The van der Waals surface area contributed by atoms with Gasteiger partial charge in [-0.1, -0.05) is 17.7 Å². The lowest BCUT2D eigenvalue weighted by Crippen LogP contribution is -2.41. The highest BCUT2D eigenvalue weighted by atomic mass is 127. The van der Waals surface area contributed by atoms with Crippen molar-refractivity contribution in [3.8, 4) is 5.75 Å². The molecule has 0 aliphatic rings. The molecular weight excluding hydrogens is 473 g/mol. The Bertz CT molecular complexity index is 702.